The Morgan fingerprint density at radius 1 is 1.09 bits per heavy atom. The van der Waals surface area contributed by atoms with Gasteiger partial charge in [0, 0.05) is 12.7 Å². The molecule has 32 heavy (non-hydrogen) atoms. The number of carbonyl (C=O) groups excluding carboxylic acids is 2. The molecule has 0 radical (unpaired) electrons. The Kier molecular flexibility index (Phi) is 5.84. The molecule has 1 fully saturated rings. The van der Waals surface area contributed by atoms with E-state index in [1.165, 1.54) is 0 Å². The molecule has 1 N–H and O–H groups in total. The Labute approximate surface area is 187 Å². The van der Waals surface area contributed by atoms with Crippen LogP contribution in [0.25, 0.3) is 11.4 Å². The molecule has 0 aliphatic carbocycles. The largest absolute Gasteiger partial charge is 0.505 e. The molecule has 7 heteroatoms. The number of aryl methyl sites for hydroxylation is 2. The van der Waals surface area contributed by atoms with Crippen LogP contribution in [0.3, 0.4) is 0 Å². The molecule has 0 spiro atoms. The van der Waals surface area contributed by atoms with Crippen LogP contribution in [-0.2, 0) is 9.59 Å². The summed E-state index contributed by atoms with van der Waals surface area (Å²) < 4.78 is 1.78. The van der Waals surface area contributed by atoms with Gasteiger partial charge in [-0.3, -0.25) is 14.0 Å². The number of fused-ring (bicyclic) bond motifs is 1. The summed E-state index contributed by atoms with van der Waals surface area (Å²) in [5.74, 6) is -1.44. The number of hydrogen-bond donors (Lipinski definition) is 1. The molecule has 1 amide bonds. The molecular formula is C25H28N4O3. The smallest absolute Gasteiger partial charge is 0.295 e. The van der Waals surface area contributed by atoms with Gasteiger partial charge in [-0.15, -0.1) is 0 Å². The minimum Gasteiger partial charge on any atom is -0.505 e. The fraction of sp³-hybridized carbons (Fsp3) is 0.320. The molecule has 0 saturated carbocycles. The summed E-state index contributed by atoms with van der Waals surface area (Å²) in [7, 11) is 3.94. The molecule has 7 nitrogen and oxygen atoms in total. The molecule has 3 heterocycles. The second kappa shape index (κ2) is 8.59. The zero-order valence-electron chi connectivity index (χ0n) is 18.9. The first-order valence-corrected chi connectivity index (χ1v) is 10.7. The third-order valence-electron chi connectivity index (χ3n) is 5.90. The van der Waals surface area contributed by atoms with Gasteiger partial charge < -0.3 is 14.9 Å². The number of rotatable bonds is 6. The predicted octanol–water partition coefficient (Wildman–Crippen LogP) is 3.32. The van der Waals surface area contributed by atoms with Crippen molar-refractivity contribution in [2.24, 2.45) is 0 Å². The van der Waals surface area contributed by atoms with Crippen LogP contribution in [-0.4, -0.2) is 63.2 Å². The van der Waals surface area contributed by atoms with Gasteiger partial charge in [-0.1, -0.05) is 36.4 Å². The number of aliphatic hydroxyl groups excluding tert-OH is 1. The minimum atomic E-state index is -0.664. The van der Waals surface area contributed by atoms with E-state index < -0.39 is 17.7 Å². The van der Waals surface area contributed by atoms with Crippen molar-refractivity contribution in [2.75, 3.05) is 27.2 Å². The van der Waals surface area contributed by atoms with E-state index in [2.05, 4.69) is 4.98 Å². The van der Waals surface area contributed by atoms with Gasteiger partial charge in [-0.2, -0.15) is 0 Å². The lowest BCUT2D eigenvalue weighted by atomic mass is 9.96. The lowest BCUT2D eigenvalue weighted by Crippen LogP contribution is -2.32. The molecule has 1 aromatic carbocycles. The number of imidazole rings is 1. The highest BCUT2D eigenvalue weighted by Crippen LogP contribution is 2.40. The highest BCUT2D eigenvalue weighted by Gasteiger charge is 2.46. The Morgan fingerprint density at radius 2 is 1.81 bits per heavy atom. The van der Waals surface area contributed by atoms with Gasteiger partial charge >= 0.3 is 0 Å². The second-order valence-electron chi connectivity index (χ2n) is 8.49. The predicted molar refractivity (Wildman–Crippen MR) is 123 cm³/mol. The van der Waals surface area contributed by atoms with Gasteiger partial charge in [0.25, 0.3) is 11.7 Å². The number of Topliss-reactive ketones (excluding diaryl/α,β-unsaturated/α-hetero) is 1. The Morgan fingerprint density at radius 3 is 2.50 bits per heavy atom. The van der Waals surface area contributed by atoms with Crippen molar-refractivity contribution in [1.82, 2.24) is 19.2 Å². The molecule has 166 valence electrons. The number of nitrogens with zero attached hydrogens (tertiary/aromatic N) is 4. The number of carbonyl (C=O) groups is 2. The number of amides is 1. The number of benzene rings is 1. The Bertz CT molecular complexity index is 1210. The summed E-state index contributed by atoms with van der Waals surface area (Å²) in [6.07, 6.45) is 2.53. The van der Waals surface area contributed by atoms with Crippen molar-refractivity contribution >= 4 is 23.1 Å². The first kappa shape index (κ1) is 21.8. The van der Waals surface area contributed by atoms with E-state index in [9.17, 15) is 14.7 Å². The van der Waals surface area contributed by atoms with Crippen molar-refractivity contribution in [3.63, 3.8) is 0 Å². The third-order valence-corrected chi connectivity index (χ3v) is 5.90. The fourth-order valence-corrected chi connectivity index (χ4v) is 4.38. The van der Waals surface area contributed by atoms with E-state index in [1.54, 1.807) is 16.2 Å². The minimum absolute atomic E-state index is 0.109. The maximum atomic E-state index is 13.2. The van der Waals surface area contributed by atoms with E-state index >= 15 is 0 Å². The zero-order valence-corrected chi connectivity index (χ0v) is 18.9. The molecule has 3 aromatic rings. The molecule has 0 bridgehead atoms. The van der Waals surface area contributed by atoms with Crippen LogP contribution >= 0.6 is 0 Å². The number of aliphatic hydroxyl groups is 1. The summed E-state index contributed by atoms with van der Waals surface area (Å²) in [6.45, 7) is 4.95. The molecule has 4 rings (SSSR count). The van der Waals surface area contributed by atoms with Gasteiger partial charge in [0.15, 0.2) is 5.76 Å². The topological polar surface area (TPSA) is 78.1 Å². The first-order valence-electron chi connectivity index (χ1n) is 10.7. The maximum absolute atomic E-state index is 13.2. The first-order chi connectivity index (χ1) is 15.3. The standard InChI is InChI=1S/C25H28N4O3/c1-16-10-8-14-28-20(17(2)26-24(16)28)22(30)19-21(18-11-6-5-7-12-18)29(25(32)23(19)31)15-9-13-27(3)4/h5-8,10-12,14,21,30H,9,13,15H2,1-4H3/t21-/m0/s1. The van der Waals surface area contributed by atoms with Gasteiger partial charge in [0.05, 0.1) is 17.3 Å². The average molecular weight is 433 g/mol. The fourth-order valence-electron chi connectivity index (χ4n) is 4.38. The van der Waals surface area contributed by atoms with Crippen LogP contribution < -0.4 is 0 Å². The van der Waals surface area contributed by atoms with Crippen LogP contribution in [0.5, 0.6) is 0 Å². The summed E-state index contributed by atoms with van der Waals surface area (Å²) in [6, 6.07) is 12.6. The van der Waals surface area contributed by atoms with E-state index in [4.69, 9.17) is 0 Å². The normalized spacial score (nSPS) is 18.3. The summed E-state index contributed by atoms with van der Waals surface area (Å²) in [5.41, 5.74) is 3.61. The van der Waals surface area contributed by atoms with Gasteiger partial charge in [-0.05, 0) is 58.1 Å². The molecular weight excluding hydrogens is 404 g/mol. The third kappa shape index (κ3) is 3.69. The average Bonchev–Trinajstić information content (AvgIpc) is 3.23. The van der Waals surface area contributed by atoms with Crippen LogP contribution in [0.1, 0.15) is 35.0 Å². The summed E-state index contributed by atoms with van der Waals surface area (Å²) >= 11 is 0. The van der Waals surface area contributed by atoms with Crippen molar-refractivity contribution in [2.45, 2.75) is 26.3 Å². The van der Waals surface area contributed by atoms with E-state index in [0.717, 1.165) is 24.1 Å². The van der Waals surface area contributed by atoms with Crippen molar-refractivity contribution in [3.05, 3.63) is 76.7 Å². The highest BCUT2D eigenvalue weighted by atomic mass is 16.3. The second-order valence-corrected chi connectivity index (χ2v) is 8.49. The van der Waals surface area contributed by atoms with E-state index in [0.29, 0.717) is 23.6 Å². The molecule has 1 aliphatic heterocycles. The van der Waals surface area contributed by atoms with Crippen LogP contribution in [0.15, 0.2) is 54.2 Å². The lowest BCUT2D eigenvalue weighted by molar-refractivity contribution is -0.139. The Balaban J connectivity index is 1.88. The number of aromatic nitrogens is 2. The highest BCUT2D eigenvalue weighted by molar-refractivity contribution is 6.46. The molecule has 0 unspecified atom stereocenters. The van der Waals surface area contributed by atoms with Crippen LogP contribution in [0, 0.1) is 13.8 Å². The lowest BCUT2D eigenvalue weighted by Gasteiger charge is -2.26. The van der Waals surface area contributed by atoms with Crippen LogP contribution in [0.4, 0.5) is 0 Å². The zero-order chi connectivity index (χ0) is 23.0. The number of pyridine rings is 1. The van der Waals surface area contributed by atoms with Gasteiger partial charge in [0.2, 0.25) is 0 Å². The summed E-state index contributed by atoms with van der Waals surface area (Å²) in [4.78, 5) is 34.5. The molecule has 2 aromatic heterocycles. The summed E-state index contributed by atoms with van der Waals surface area (Å²) in [5, 5.41) is 11.4. The maximum Gasteiger partial charge on any atom is 0.295 e. The monoisotopic (exact) mass is 432 g/mol. The van der Waals surface area contributed by atoms with Crippen LogP contribution in [0.2, 0.25) is 0 Å². The number of ketones is 1. The van der Waals surface area contributed by atoms with Crippen molar-refractivity contribution in [3.8, 4) is 0 Å². The quantitative estimate of drug-likeness (QED) is 0.367. The Hall–Kier alpha value is -3.45. The molecule has 1 atom stereocenters. The van der Waals surface area contributed by atoms with E-state index in [1.807, 2.05) is 74.6 Å². The SMILES string of the molecule is Cc1nc2c(C)cccn2c1C(O)=C1C(=O)C(=O)N(CCCN(C)C)[C@H]1c1ccccc1. The van der Waals surface area contributed by atoms with E-state index in [-0.39, 0.29) is 11.3 Å². The van der Waals surface area contributed by atoms with Crippen molar-refractivity contribution in [1.29, 1.82) is 0 Å². The van der Waals surface area contributed by atoms with Crippen molar-refractivity contribution < 1.29 is 14.7 Å². The van der Waals surface area contributed by atoms with Gasteiger partial charge in [-0.25, -0.2) is 4.98 Å². The molecule has 1 saturated heterocycles. The number of likely N-dealkylation sites (tertiary alicyclic amines) is 1. The number of hydrogen-bond acceptors (Lipinski definition) is 5. The molecule has 1 aliphatic rings. The van der Waals surface area contributed by atoms with Gasteiger partial charge in [0.1, 0.15) is 11.3 Å².